The number of nitrogens with one attached hydrogen (secondary N) is 1. The fourth-order valence-corrected chi connectivity index (χ4v) is 4.46. The summed E-state index contributed by atoms with van der Waals surface area (Å²) in [7, 11) is 1.55. The van der Waals surface area contributed by atoms with Gasteiger partial charge in [0.15, 0.2) is 0 Å². The zero-order valence-corrected chi connectivity index (χ0v) is 15.7. The molecule has 0 radical (unpaired) electrons. The molecular formula is C19H28ClFN2O2. The molecule has 1 aromatic rings. The second-order valence-electron chi connectivity index (χ2n) is 7.31. The molecule has 1 aromatic carbocycles. The highest BCUT2D eigenvalue weighted by molar-refractivity contribution is 5.85. The number of hydrogen-bond acceptors (Lipinski definition) is 3. The van der Waals surface area contributed by atoms with Crippen molar-refractivity contribution in [2.45, 2.75) is 51.1 Å². The van der Waals surface area contributed by atoms with Gasteiger partial charge in [-0.1, -0.05) is 6.42 Å². The molecule has 2 aliphatic carbocycles. The summed E-state index contributed by atoms with van der Waals surface area (Å²) in [6.45, 7) is 1.87. The number of methoxy groups -OCH3 is 1. The summed E-state index contributed by atoms with van der Waals surface area (Å²) in [5, 5.41) is 3.05. The Kier molecular flexibility index (Phi) is 6.69. The zero-order valence-electron chi connectivity index (χ0n) is 14.8. The highest BCUT2D eigenvalue weighted by atomic mass is 35.5. The molecule has 2 saturated carbocycles. The van der Waals surface area contributed by atoms with Gasteiger partial charge in [0.25, 0.3) is 0 Å². The Balaban J connectivity index is 0.00000225. The zero-order chi connectivity index (χ0) is 17.3. The summed E-state index contributed by atoms with van der Waals surface area (Å²) < 4.78 is 18.8. The van der Waals surface area contributed by atoms with Crippen LogP contribution in [0.15, 0.2) is 18.2 Å². The number of hydrogen-bond donors (Lipinski definition) is 2. The van der Waals surface area contributed by atoms with Crippen molar-refractivity contribution in [3.05, 3.63) is 29.6 Å². The molecule has 0 saturated heterocycles. The number of halogens is 2. The molecule has 4 nitrogen and oxygen atoms in total. The van der Waals surface area contributed by atoms with Crippen molar-refractivity contribution in [2.24, 2.45) is 23.5 Å². The van der Waals surface area contributed by atoms with Gasteiger partial charge in [-0.15, -0.1) is 12.4 Å². The Bertz CT molecular complexity index is 599. The number of nitrogens with two attached hydrogens (primary N) is 1. The second-order valence-corrected chi connectivity index (χ2v) is 7.31. The molecule has 1 amide bonds. The SMILES string of the molecule is COc1ccc(F)cc1C(C)NC(=O)C1CC2CCCC(C1)C2N.Cl. The third kappa shape index (κ3) is 4.26. The third-order valence-electron chi connectivity index (χ3n) is 5.80. The molecule has 3 N–H and O–H groups in total. The van der Waals surface area contributed by atoms with Gasteiger partial charge in [-0.3, -0.25) is 4.79 Å². The number of fused-ring (bicyclic) bond motifs is 2. The Morgan fingerprint density at radius 2 is 1.96 bits per heavy atom. The van der Waals surface area contributed by atoms with Gasteiger partial charge in [0.2, 0.25) is 5.91 Å². The summed E-state index contributed by atoms with van der Waals surface area (Å²) in [4.78, 5) is 12.7. The third-order valence-corrected chi connectivity index (χ3v) is 5.80. The summed E-state index contributed by atoms with van der Waals surface area (Å²) in [5.74, 6) is 1.26. The number of rotatable bonds is 4. The van der Waals surface area contributed by atoms with Gasteiger partial charge in [-0.2, -0.15) is 0 Å². The predicted molar refractivity (Wildman–Crippen MR) is 98.3 cm³/mol. The van der Waals surface area contributed by atoms with Crippen LogP contribution in [0.1, 0.15) is 50.6 Å². The van der Waals surface area contributed by atoms with Gasteiger partial charge in [-0.05, 0) is 62.6 Å². The van der Waals surface area contributed by atoms with Gasteiger partial charge < -0.3 is 15.8 Å². The highest BCUT2D eigenvalue weighted by Gasteiger charge is 2.40. The molecular weight excluding hydrogens is 343 g/mol. The Hall–Kier alpha value is -1.33. The first kappa shape index (κ1) is 20.0. The van der Waals surface area contributed by atoms with Gasteiger partial charge in [0.1, 0.15) is 11.6 Å². The number of carbonyl (C=O) groups excluding carboxylic acids is 1. The maximum Gasteiger partial charge on any atom is 0.223 e. The minimum atomic E-state index is -0.329. The largest absolute Gasteiger partial charge is 0.496 e. The van der Waals surface area contributed by atoms with Crippen LogP contribution >= 0.6 is 12.4 Å². The van der Waals surface area contributed by atoms with Crippen LogP contribution in [0.2, 0.25) is 0 Å². The molecule has 2 aliphatic rings. The molecule has 0 heterocycles. The summed E-state index contributed by atoms with van der Waals surface area (Å²) in [5.41, 5.74) is 6.97. The van der Waals surface area contributed by atoms with Crippen molar-refractivity contribution in [1.82, 2.24) is 5.32 Å². The van der Waals surface area contributed by atoms with E-state index in [1.165, 1.54) is 18.6 Å². The van der Waals surface area contributed by atoms with E-state index in [0.717, 1.165) is 25.7 Å². The van der Waals surface area contributed by atoms with Gasteiger partial charge in [0.05, 0.1) is 13.2 Å². The predicted octanol–water partition coefficient (Wildman–Crippen LogP) is 3.59. The molecule has 0 aromatic heterocycles. The molecule has 3 unspecified atom stereocenters. The lowest BCUT2D eigenvalue weighted by Gasteiger charge is -2.43. The van der Waals surface area contributed by atoms with E-state index in [0.29, 0.717) is 23.1 Å². The normalized spacial score (nSPS) is 29.3. The first-order chi connectivity index (χ1) is 11.5. The van der Waals surface area contributed by atoms with E-state index < -0.39 is 0 Å². The average molecular weight is 371 g/mol. The van der Waals surface area contributed by atoms with Crippen LogP contribution in [0.5, 0.6) is 5.75 Å². The first-order valence-corrected chi connectivity index (χ1v) is 8.89. The molecule has 3 rings (SSSR count). The molecule has 6 heteroatoms. The van der Waals surface area contributed by atoms with Gasteiger partial charge in [-0.25, -0.2) is 4.39 Å². The fraction of sp³-hybridized carbons (Fsp3) is 0.632. The van der Waals surface area contributed by atoms with E-state index in [4.69, 9.17) is 10.5 Å². The van der Waals surface area contributed by atoms with Crippen LogP contribution in [0, 0.1) is 23.6 Å². The molecule has 2 fully saturated rings. The van der Waals surface area contributed by atoms with Crippen molar-refractivity contribution in [3.63, 3.8) is 0 Å². The quantitative estimate of drug-likeness (QED) is 0.851. The molecule has 25 heavy (non-hydrogen) atoms. The lowest BCUT2D eigenvalue weighted by atomic mass is 9.65. The molecule has 3 atom stereocenters. The number of carbonyl (C=O) groups is 1. The standard InChI is InChI=1S/C19H27FN2O2.ClH/c1-11(16-10-15(20)6-7-17(16)24-2)22-19(23)14-8-12-4-3-5-13(9-14)18(12)21;/h6-7,10-14,18H,3-5,8-9,21H2,1-2H3,(H,22,23);1H. The lowest BCUT2D eigenvalue weighted by molar-refractivity contribution is -0.128. The van der Waals surface area contributed by atoms with E-state index in [-0.39, 0.29) is 42.1 Å². The Morgan fingerprint density at radius 3 is 2.56 bits per heavy atom. The maximum absolute atomic E-state index is 13.6. The molecule has 2 bridgehead atoms. The Morgan fingerprint density at radius 1 is 1.32 bits per heavy atom. The monoisotopic (exact) mass is 370 g/mol. The number of benzene rings is 1. The summed E-state index contributed by atoms with van der Waals surface area (Å²) >= 11 is 0. The molecule has 140 valence electrons. The minimum absolute atomic E-state index is 0. The van der Waals surface area contributed by atoms with Crippen LogP contribution in [-0.4, -0.2) is 19.1 Å². The van der Waals surface area contributed by atoms with E-state index in [1.54, 1.807) is 13.2 Å². The average Bonchev–Trinajstić information content (AvgIpc) is 2.54. The van der Waals surface area contributed by atoms with E-state index in [2.05, 4.69) is 5.32 Å². The van der Waals surface area contributed by atoms with Crippen molar-refractivity contribution >= 4 is 18.3 Å². The molecule has 0 spiro atoms. The number of ether oxygens (including phenoxy) is 1. The van der Waals surface area contributed by atoms with E-state index in [1.807, 2.05) is 6.92 Å². The summed E-state index contributed by atoms with van der Waals surface area (Å²) in [6, 6.07) is 4.34. The van der Waals surface area contributed by atoms with Gasteiger partial charge >= 0.3 is 0 Å². The smallest absolute Gasteiger partial charge is 0.223 e. The fourth-order valence-electron chi connectivity index (χ4n) is 4.46. The van der Waals surface area contributed by atoms with Crippen LogP contribution in [0.3, 0.4) is 0 Å². The molecule has 0 aliphatic heterocycles. The van der Waals surface area contributed by atoms with Crippen molar-refractivity contribution in [2.75, 3.05) is 7.11 Å². The van der Waals surface area contributed by atoms with Gasteiger partial charge in [0, 0.05) is 17.5 Å². The van der Waals surface area contributed by atoms with Crippen LogP contribution < -0.4 is 15.8 Å². The Labute approximate surface area is 155 Å². The second kappa shape index (κ2) is 8.37. The minimum Gasteiger partial charge on any atom is -0.496 e. The summed E-state index contributed by atoms with van der Waals surface area (Å²) in [6.07, 6.45) is 5.24. The van der Waals surface area contributed by atoms with Crippen molar-refractivity contribution in [3.8, 4) is 5.75 Å². The van der Waals surface area contributed by atoms with Crippen molar-refractivity contribution in [1.29, 1.82) is 0 Å². The van der Waals surface area contributed by atoms with Crippen LogP contribution in [0.25, 0.3) is 0 Å². The lowest BCUT2D eigenvalue weighted by Crippen LogP contribution is -2.49. The first-order valence-electron chi connectivity index (χ1n) is 8.89. The van der Waals surface area contributed by atoms with Crippen molar-refractivity contribution < 1.29 is 13.9 Å². The topological polar surface area (TPSA) is 64.3 Å². The van der Waals surface area contributed by atoms with Crippen LogP contribution in [-0.2, 0) is 4.79 Å². The highest BCUT2D eigenvalue weighted by Crippen LogP contribution is 2.42. The van der Waals surface area contributed by atoms with Crippen LogP contribution in [0.4, 0.5) is 4.39 Å². The maximum atomic E-state index is 13.6. The number of amides is 1. The van der Waals surface area contributed by atoms with E-state index >= 15 is 0 Å². The van der Waals surface area contributed by atoms with E-state index in [9.17, 15) is 9.18 Å².